The van der Waals surface area contributed by atoms with Gasteiger partial charge in [0.2, 0.25) is 20.0 Å². The zero-order valence-corrected chi connectivity index (χ0v) is 20.7. The van der Waals surface area contributed by atoms with Crippen molar-refractivity contribution in [3.63, 3.8) is 0 Å². The van der Waals surface area contributed by atoms with E-state index in [1.165, 1.54) is 10.4 Å². The van der Waals surface area contributed by atoms with E-state index in [-0.39, 0.29) is 28.4 Å². The van der Waals surface area contributed by atoms with Crippen molar-refractivity contribution < 1.29 is 21.6 Å². The molecule has 8 nitrogen and oxygen atoms in total. The number of nitrogens with zero attached hydrogens (tertiary/aromatic N) is 1. The number of aryl methyl sites for hydroxylation is 3. The van der Waals surface area contributed by atoms with Gasteiger partial charge in [-0.2, -0.15) is 4.31 Å². The summed E-state index contributed by atoms with van der Waals surface area (Å²) in [4.78, 5) is 12.8. The molecule has 0 fully saturated rings. The van der Waals surface area contributed by atoms with Crippen LogP contribution in [0.2, 0.25) is 0 Å². The van der Waals surface area contributed by atoms with Gasteiger partial charge in [-0.3, -0.25) is 4.79 Å². The fraction of sp³-hybridized carbons (Fsp3) is 0.409. The van der Waals surface area contributed by atoms with Gasteiger partial charge in [0.1, 0.15) is 0 Å². The highest BCUT2D eigenvalue weighted by molar-refractivity contribution is 7.89. The van der Waals surface area contributed by atoms with Crippen LogP contribution in [0.15, 0.2) is 46.2 Å². The van der Waals surface area contributed by atoms with E-state index < -0.39 is 26.0 Å². The summed E-state index contributed by atoms with van der Waals surface area (Å²) in [5, 5.41) is 2.63. The molecule has 176 valence electrons. The molecule has 0 aliphatic heterocycles. The predicted octanol–water partition coefficient (Wildman–Crippen LogP) is 2.35. The van der Waals surface area contributed by atoms with E-state index in [0.29, 0.717) is 24.2 Å². The van der Waals surface area contributed by atoms with Gasteiger partial charge in [-0.1, -0.05) is 32.0 Å². The highest BCUT2D eigenvalue weighted by atomic mass is 32.2. The maximum absolute atomic E-state index is 12.9. The molecule has 0 bridgehead atoms. The molecule has 32 heavy (non-hydrogen) atoms. The quantitative estimate of drug-likeness (QED) is 0.506. The number of carbonyl (C=O) groups is 1. The fourth-order valence-corrected chi connectivity index (χ4v) is 6.33. The number of amides is 1. The van der Waals surface area contributed by atoms with Gasteiger partial charge in [0.25, 0.3) is 5.91 Å². The summed E-state index contributed by atoms with van der Waals surface area (Å²) in [5.41, 5.74) is 2.21. The molecule has 1 amide bonds. The molecule has 10 heteroatoms. The van der Waals surface area contributed by atoms with E-state index >= 15 is 0 Å². The number of rotatable bonds is 10. The standard InChI is InChI=1S/C22H31N3O5S2/c1-6-25(7-2)32(29,30)21-15-19(11-10-18(21)5)22(26)23-12-13-24-31(27,28)20-14-16(3)8-9-17(20)4/h8-11,14-15,24H,6-7,12-13H2,1-5H3,(H,23,26). The van der Waals surface area contributed by atoms with Crippen LogP contribution in [-0.4, -0.2) is 53.2 Å². The van der Waals surface area contributed by atoms with Crippen LogP contribution in [-0.2, 0) is 20.0 Å². The summed E-state index contributed by atoms with van der Waals surface area (Å²) in [6.45, 7) is 9.43. The highest BCUT2D eigenvalue weighted by Gasteiger charge is 2.24. The minimum atomic E-state index is -3.71. The second-order valence-electron chi connectivity index (χ2n) is 7.49. The van der Waals surface area contributed by atoms with Crippen molar-refractivity contribution in [1.82, 2.24) is 14.3 Å². The van der Waals surface area contributed by atoms with Crippen molar-refractivity contribution >= 4 is 26.0 Å². The van der Waals surface area contributed by atoms with Gasteiger partial charge in [-0.05, 0) is 55.7 Å². The summed E-state index contributed by atoms with van der Waals surface area (Å²) in [7, 11) is -7.42. The Hall–Kier alpha value is -2.27. The molecule has 0 atom stereocenters. The molecule has 0 aliphatic rings. The maximum atomic E-state index is 12.9. The van der Waals surface area contributed by atoms with Crippen LogP contribution in [0, 0.1) is 20.8 Å². The Morgan fingerprint density at radius 3 is 2.06 bits per heavy atom. The van der Waals surface area contributed by atoms with Gasteiger partial charge in [-0.15, -0.1) is 0 Å². The Morgan fingerprint density at radius 1 is 0.844 bits per heavy atom. The molecule has 0 heterocycles. The lowest BCUT2D eigenvalue weighted by atomic mass is 10.1. The molecule has 0 saturated carbocycles. The molecule has 0 aliphatic carbocycles. The van der Waals surface area contributed by atoms with E-state index in [9.17, 15) is 21.6 Å². The summed E-state index contributed by atoms with van der Waals surface area (Å²) in [5.74, 6) is -0.480. The molecule has 2 aromatic rings. The lowest BCUT2D eigenvalue weighted by Gasteiger charge is -2.20. The first kappa shape index (κ1) is 26.0. The molecule has 2 N–H and O–H groups in total. The minimum absolute atomic E-state index is 0.00206. The fourth-order valence-electron chi connectivity index (χ4n) is 3.26. The van der Waals surface area contributed by atoms with Crippen LogP contribution in [0.4, 0.5) is 0 Å². The Balaban J connectivity index is 2.07. The molecular formula is C22H31N3O5S2. The van der Waals surface area contributed by atoms with E-state index in [4.69, 9.17) is 0 Å². The smallest absolute Gasteiger partial charge is 0.251 e. The average molecular weight is 482 g/mol. The van der Waals surface area contributed by atoms with Gasteiger partial charge in [0.05, 0.1) is 9.79 Å². The van der Waals surface area contributed by atoms with Gasteiger partial charge < -0.3 is 5.32 Å². The second-order valence-corrected chi connectivity index (χ2v) is 11.1. The van der Waals surface area contributed by atoms with Gasteiger partial charge in [0.15, 0.2) is 0 Å². The first-order valence-corrected chi connectivity index (χ1v) is 13.3. The number of sulfonamides is 2. The first-order valence-electron chi connectivity index (χ1n) is 10.4. The second kappa shape index (κ2) is 10.6. The number of nitrogens with one attached hydrogen (secondary N) is 2. The van der Waals surface area contributed by atoms with Crippen molar-refractivity contribution in [3.8, 4) is 0 Å². The number of benzene rings is 2. The zero-order valence-electron chi connectivity index (χ0n) is 19.1. The van der Waals surface area contributed by atoms with E-state index in [2.05, 4.69) is 10.0 Å². The largest absolute Gasteiger partial charge is 0.351 e. The number of hydrogen-bond acceptors (Lipinski definition) is 5. The third-order valence-corrected chi connectivity index (χ3v) is 8.90. The van der Waals surface area contributed by atoms with Crippen LogP contribution in [0.1, 0.15) is 40.9 Å². The summed E-state index contributed by atoms with van der Waals surface area (Å²) in [6, 6.07) is 9.68. The number of hydrogen-bond donors (Lipinski definition) is 2. The third-order valence-electron chi connectivity index (χ3n) is 5.11. The highest BCUT2D eigenvalue weighted by Crippen LogP contribution is 2.21. The van der Waals surface area contributed by atoms with Crippen LogP contribution in [0.3, 0.4) is 0 Å². The van der Waals surface area contributed by atoms with Crippen LogP contribution < -0.4 is 10.0 Å². The number of carbonyl (C=O) groups excluding carboxylic acids is 1. The van der Waals surface area contributed by atoms with Crippen LogP contribution in [0.5, 0.6) is 0 Å². The zero-order chi connectivity index (χ0) is 24.1. The van der Waals surface area contributed by atoms with Crippen LogP contribution in [0.25, 0.3) is 0 Å². The summed E-state index contributed by atoms with van der Waals surface area (Å²) in [6.07, 6.45) is 0. The third kappa shape index (κ3) is 5.94. The Kier molecular flexibility index (Phi) is 8.58. The lowest BCUT2D eigenvalue weighted by Crippen LogP contribution is -2.35. The Labute approximate surface area is 191 Å². The minimum Gasteiger partial charge on any atom is -0.351 e. The van der Waals surface area contributed by atoms with Crippen molar-refractivity contribution in [1.29, 1.82) is 0 Å². The molecule has 2 rings (SSSR count). The maximum Gasteiger partial charge on any atom is 0.251 e. The van der Waals surface area contributed by atoms with E-state index in [1.807, 2.05) is 13.0 Å². The molecular weight excluding hydrogens is 450 g/mol. The molecule has 0 spiro atoms. The summed E-state index contributed by atoms with van der Waals surface area (Å²) < 4.78 is 54.6. The van der Waals surface area contributed by atoms with Crippen molar-refractivity contribution in [2.24, 2.45) is 0 Å². The Morgan fingerprint density at radius 2 is 1.44 bits per heavy atom. The molecule has 0 aromatic heterocycles. The topological polar surface area (TPSA) is 113 Å². The van der Waals surface area contributed by atoms with Crippen molar-refractivity contribution in [2.75, 3.05) is 26.2 Å². The molecule has 0 unspecified atom stereocenters. The van der Waals surface area contributed by atoms with Gasteiger partial charge in [0, 0.05) is 31.7 Å². The summed E-state index contributed by atoms with van der Waals surface area (Å²) >= 11 is 0. The van der Waals surface area contributed by atoms with E-state index in [0.717, 1.165) is 5.56 Å². The van der Waals surface area contributed by atoms with Gasteiger partial charge >= 0.3 is 0 Å². The lowest BCUT2D eigenvalue weighted by molar-refractivity contribution is 0.0954. The normalized spacial score (nSPS) is 12.2. The van der Waals surface area contributed by atoms with Crippen molar-refractivity contribution in [2.45, 2.75) is 44.4 Å². The monoisotopic (exact) mass is 481 g/mol. The predicted molar refractivity (Wildman–Crippen MR) is 125 cm³/mol. The molecule has 0 radical (unpaired) electrons. The first-order chi connectivity index (χ1) is 14.9. The SMILES string of the molecule is CCN(CC)S(=O)(=O)c1cc(C(=O)NCCNS(=O)(=O)c2cc(C)ccc2C)ccc1C. The Bertz CT molecular complexity index is 1190. The van der Waals surface area contributed by atoms with E-state index in [1.54, 1.807) is 52.0 Å². The van der Waals surface area contributed by atoms with Crippen molar-refractivity contribution in [3.05, 3.63) is 58.7 Å². The van der Waals surface area contributed by atoms with Gasteiger partial charge in [-0.25, -0.2) is 21.6 Å². The molecule has 0 saturated heterocycles. The average Bonchev–Trinajstić information content (AvgIpc) is 2.73. The van der Waals surface area contributed by atoms with Crippen LogP contribution >= 0.6 is 0 Å². The molecule has 2 aromatic carbocycles.